The normalized spacial score (nSPS) is 17.5. The Bertz CT molecular complexity index is 870. The maximum Gasteiger partial charge on any atom is 0.326 e. The van der Waals surface area contributed by atoms with Crippen LogP contribution in [0.2, 0.25) is 0 Å². The molecule has 0 aromatic carbocycles. The van der Waals surface area contributed by atoms with Gasteiger partial charge in [0.25, 0.3) is 0 Å². The largest absolute Gasteiger partial charge is 0.481 e. The molecule has 37 heavy (non-hydrogen) atoms. The molecular formula is C27H45N3O7. The van der Waals surface area contributed by atoms with Gasteiger partial charge in [-0.2, -0.15) is 0 Å². The van der Waals surface area contributed by atoms with Crippen molar-refractivity contribution < 1.29 is 34.2 Å². The van der Waals surface area contributed by atoms with Crippen LogP contribution < -0.4 is 10.6 Å². The van der Waals surface area contributed by atoms with Crippen LogP contribution in [0.25, 0.3) is 0 Å². The Hall–Kier alpha value is -2.91. The van der Waals surface area contributed by atoms with E-state index in [0.717, 1.165) is 32.1 Å². The lowest BCUT2D eigenvalue weighted by molar-refractivity contribution is -0.142. The van der Waals surface area contributed by atoms with Gasteiger partial charge in [0.15, 0.2) is 0 Å². The first kappa shape index (κ1) is 32.1. The van der Waals surface area contributed by atoms with Crippen molar-refractivity contribution in [1.82, 2.24) is 15.5 Å². The molecule has 1 aliphatic carbocycles. The first-order valence-corrected chi connectivity index (χ1v) is 13.1. The summed E-state index contributed by atoms with van der Waals surface area (Å²) >= 11 is 0. The number of nitrogens with one attached hydrogen (secondary N) is 2. The number of carbonyl (C=O) groups is 5. The van der Waals surface area contributed by atoms with Crippen molar-refractivity contribution >= 4 is 29.7 Å². The molecule has 10 heteroatoms. The zero-order valence-electron chi connectivity index (χ0n) is 23.3. The SMILES string of the molecule is C/C(=C\[C@H](C(C)C)N(C)C(=O)[C@@H](NC(=O)C1CCCCC1)C(C)(C)C)C(=O)N[C@H](CCC(=O)O)C(=O)O. The molecule has 3 atom stereocenters. The van der Waals surface area contributed by atoms with E-state index in [2.05, 4.69) is 10.6 Å². The number of carboxylic acids is 2. The molecule has 0 radical (unpaired) electrons. The van der Waals surface area contributed by atoms with Crippen molar-refractivity contribution in [2.24, 2.45) is 17.3 Å². The van der Waals surface area contributed by atoms with Gasteiger partial charge in [-0.15, -0.1) is 0 Å². The highest BCUT2D eigenvalue weighted by Crippen LogP contribution is 2.27. The van der Waals surface area contributed by atoms with Gasteiger partial charge in [0.05, 0.1) is 6.04 Å². The van der Waals surface area contributed by atoms with Gasteiger partial charge in [-0.25, -0.2) is 4.79 Å². The molecule has 0 spiro atoms. The zero-order valence-corrected chi connectivity index (χ0v) is 23.3. The van der Waals surface area contributed by atoms with Gasteiger partial charge in [-0.1, -0.05) is 60.0 Å². The lowest BCUT2D eigenvalue weighted by atomic mass is 9.83. The third-order valence-corrected chi connectivity index (χ3v) is 6.88. The topological polar surface area (TPSA) is 153 Å². The summed E-state index contributed by atoms with van der Waals surface area (Å²) in [5, 5.41) is 23.5. The summed E-state index contributed by atoms with van der Waals surface area (Å²) in [6.45, 7) is 11.0. The van der Waals surface area contributed by atoms with Gasteiger partial charge in [-0.05, 0) is 37.5 Å². The summed E-state index contributed by atoms with van der Waals surface area (Å²) in [5.74, 6) is -3.68. The number of carbonyl (C=O) groups excluding carboxylic acids is 3. The number of aliphatic carboxylic acids is 2. The molecule has 0 aromatic heterocycles. The van der Waals surface area contributed by atoms with Crippen LogP contribution in [-0.4, -0.2) is 69.9 Å². The quantitative estimate of drug-likeness (QED) is 0.287. The number of rotatable bonds is 12. The Morgan fingerprint density at radius 3 is 2.03 bits per heavy atom. The molecule has 210 valence electrons. The molecule has 1 aliphatic rings. The standard InChI is InChI=1S/C27H45N3O7/c1-16(2)20(15-17(3)23(33)28-19(26(36)37)13-14-21(31)32)30(7)25(35)22(27(4,5)6)29-24(34)18-11-9-8-10-12-18/h15-16,18-20,22H,8-14H2,1-7H3,(H,28,33)(H,29,34)(H,31,32)(H,36,37)/b17-15+/t19-,20-,22-/m1/s1. The number of hydrogen-bond donors (Lipinski definition) is 4. The van der Waals surface area contributed by atoms with Crippen LogP contribution in [0.15, 0.2) is 11.6 Å². The summed E-state index contributed by atoms with van der Waals surface area (Å²) in [5.41, 5.74) is -0.343. The number of amides is 3. The molecule has 1 fully saturated rings. The highest BCUT2D eigenvalue weighted by atomic mass is 16.4. The maximum absolute atomic E-state index is 13.7. The van der Waals surface area contributed by atoms with E-state index in [0.29, 0.717) is 0 Å². The molecule has 0 aromatic rings. The number of carboxylic acid groups (broad SMARTS) is 2. The van der Waals surface area contributed by atoms with Crippen molar-refractivity contribution in [2.45, 2.75) is 105 Å². The van der Waals surface area contributed by atoms with Gasteiger partial charge >= 0.3 is 11.9 Å². The Kier molecular flexibility index (Phi) is 12.3. The Labute approximate surface area is 220 Å². The predicted octanol–water partition coefficient (Wildman–Crippen LogP) is 2.96. The van der Waals surface area contributed by atoms with Gasteiger partial charge in [0, 0.05) is 25.0 Å². The fraction of sp³-hybridized carbons (Fsp3) is 0.741. The average Bonchev–Trinajstić information content (AvgIpc) is 2.81. The van der Waals surface area contributed by atoms with Crippen LogP contribution in [0.1, 0.15) is 86.5 Å². The maximum atomic E-state index is 13.7. The van der Waals surface area contributed by atoms with Crippen LogP contribution in [0.5, 0.6) is 0 Å². The first-order valence-electron chi connectivity index (χ1n) is 13.1. The monoisotopic (exact) mass is 523 g/mol. The lowest BCUT2D eigenvalue weighted by Crippen LogP contribution is -2.57. The van der Waals surface area contributed by atoms with E-state index in [1.54, 1.807) is 13.1 Å². The fourth-order valence-corrected chi connectivity index (χ4v) is 4.50. The van der Waals surface area contributed by atoms with E-state index in [1.165, 1.54) is 11.8 Å². The van der Waals surface area contributed by atoms with Crippen LogP contribution >= 0.6 is 0 Å². The van der Waals surface area contributed by atoms with Crippen molar-refractivity contribution in [2.75, 3.05) is 7.05 Å². The smallest absolute Gasteiger partial charge is 0.326 e. The molecule has 4 N–H and O–H groups in total. The highest BCUT2D eigenvalue weighted by Gasteiger charge is 2.38. The van der Waals surface area contributed by atoms with E-state index in [9.17, 15) is 29.1 Å². The number of nitrogens with zero attached hydrogens (tertiary/aromatic N) is 1. The molecule has 3 amide bonds. The van der Waals surface area contributed by atoms with Crippen LogP contribution in [0.4, 0.5) is 0 Å². The number of likely N-dealkylation sites (N-methyl/N-ethyl adjacent to an activating group) is 1. The van der Waals surface area contributed by atoms with Crippen molar-refractivity contribution in [1.29, 1.82) is 0 Å². The predicted molar refractivity (Wildman–Crippen MR) is 140 cm³/mol. The minimum absolute atomic E-state index is 0.0892. The second kappa shape index (κ2) is 14.1. The summed E-state index contributed by atoms with van der Waals surface area (Å²) < 4.78 is 0. The Morgan fingerprint density at radius 2 is 1.57 bits per heavy atom. The van der Waals surface area contributed by atoms with E-state index in [-0.39, 0.29) is 35.6 Å². The molecule has 0 aliphatic heterocycles. The molecule has 0 saturated heterocycles. The minimum Gasteiger partial charge on any atom is -0.481 e. The molecule has 0 unspecified atom stereocenters. The van der Waals surface area contributed by atoms with E-state index < -0.39 is 47.8 Å². The van der Waals surface area contributed by atoms with Crippen LogP contribution in [0, 0.1) is 17.3 Å². The van der Waals surface area contributed by atoms with Gasteiger partial charge in [0.2, 0.25) is 17.7 Å². The second-order valence-electron chi connectivity index (χ2n) is 11.5. The molecule has 1 rings (SSSR count). The minimum atomic E-state index is -1.34. The van der Waals surface area contributed by atoms with Gasteiger partial charge in [0.1, 0.15) is 12.1 Å². The Balaban J connectivity index is 3.08. The first-order chi connectivity index (χ1) is 17.1. The fourth-order valence-electron chi connectivity index (χ4n) is 4.50. The van der Waals surface area contributed by atoms with Crippen molar-refractivity contribution in [3.05, 3.63) is 11.6 Å². The molecule has 1 saturated carbocycles. The summed E-state index contributed by atoms with van der Waals surface area (Å²) in [4.78, 5) is 63.1. The highest BCUT2D eigenvalue weighted by molar-refractivity contribution is 5.96. The second-order valence-corrected chi connectivity index (χ2v) is 11.5. The molecular weight excluding hydrogens is 478 g/mol. The van der Waals surface area contributed by atoms with Crippen molar-refractivity contribution in [3.63, 3.8) is 0 Å². The molecule has 0 heterocycles. The molecule has 0 bridgehead atoms. The molecule has 10 nitrogen and oxygen atoms in total. The third-order valence-electron chi connectivity index (χ3n) is 6.88. The average molecular weight is 524 g/mol. The Morgan fingerprint density at radius 1 is 1.00 bits per heavy atom. The van der Waals surface area contributed by atoms with Crippen LogP contribution in [0.3, 0.4) is 0 Å². The summed E-state index contributed by atoms with van der Waals surface area (Å²) in [6.07, 6.45) is 5.74. The zero-order chi connectivity index (χ0) is 28.5. The van der Waals surface area contributed by atoms with Crippen molar-refractivity contribution in [3.8, 4) is 0 Å². The van der Waals surface area contributed by atoms with E-state index in [4.69, 9.17) is 5.11 Å². The van der Waals surface area contributed by atoms with Gasteiger partial charge < -0.3 is 25.7 Å². The van der Waals surface area contributed by atoms with Crippen LogP contribution in [-0.2, 0) is 24.0 Å². The van der Waals surface area contributed by atoms with E-state index in [1.807, 2.05) is 34.6 Å². The lowest BCUT2D eigenvalue weighted by Gasteiger charge is -2.38. The summed E-state index contributed by atoms with van der Waals surface area (Å²) in [6, 6.07) is -2.61. The van der Waals surface area contributed by atoms with E-state index >= 15 is 0 Å². The van der Waals surface area contributed by atoms with Gasteiger partial charge in [-0.3, -0.25) is 19.2 Å². The third kappa shape index (κ3) is 10.2. The number of hydrogen-bond acceptors (Lipinski definition) is 5. The summed E-state index contributed by atoms with van der Waals surface area (Å²) in [7, 11) is 1.63.